The summed E-state index contributed by atoms with van der Waals surface area (Å²) in [6.45, 7) is -0.0530. The van der Waals surface area contributed by atoms with Gasteiger partial charge in [0, 0.05) is 18.7 Å². The third kappa shape index (κ3) is 5.82. The Bertz CT molecular complexity index is 643. The van der Waals surface area contributed by atoms with E-state index in [1.165, 1.54) is 30.1 Å². The van der Waals surface area contributed by atoms with Crippen LogP contribution in [0.25, 0.3) is 0 Å². The number of nitrogens with one attached hydrogen (secondary N) is 1. The van der Waals surface area contributed by atoms with E-state index in [4.69, 9.17) is 5.11 Å². The maximum Gasteiger partial charge on any atom is 0.573 e. The molecule has 1 aromatic carbocycles. The van der Waals surface area contributed by atoms with E-state index in [0.29, 0.717) is 25.7 Å². The number of carbonyl (C=O) groups excluding carboxylic acids is 1. The highest BCUT2D eigenvalue weighted by Crippen LogP contribution is 2.27. The Labute approximate surface area is 148 Å². The Kier molecular flexibility index (Phi) is 6.33. The molecular formula is C17H21F3N2O4. The number of aliphatic carboxylic acids is 1. The molecule has 0 saturated heterocycles. The van der Waals surface area contributed by atoms with Crippen molar-refractivity contribution >= 4 is 12.0 Å². The van der Waals surface area contributed by atoms with Crippen LogP contribution >= 0.6 is 0 Å². The predicted octanol–water partition coefficient (Wildman–Crippen LogP) is 3.37. The van der Waals surface area contributed by atoms with E-state index in [2.05, 4.69) is 10.1 Å². The summed E-state index contributed by atoms with van der Waals surface area (Å²) < 4.78 is 41.4. The minimum absolute atomic E-state index is 0.0530. The van der Waals surface area contributed by atoms with Crippen LogP contribution in [0.3, 0.4) is 0 Å². The van der Waals surface area contributed by atoms with Gasteiger partial charge in [0.15, 0.2) is 0 Å². The largest absolute Gasteiger partial charge is 0.573 e. The Morgan fingerprint density at radius 1 is 1.23 bits per heavy atom. The molecule has 144 valence electrons. The van der Waals surface area contributed by atoms with Gasteiger partial charge in [-0.3, -0.25) is 4.79 Å². The first kappa shape index (κ1) is 19.9. The molecule has 9 heteroatoms. The van der Waals surface area contributed by atoms with Gasteiger partial charge in [-0.25, -0.2) is 4.79 Å². The van der Waals surface area contributed by atoms with E-state index in [-0.39, 0.29) is 29.8 Å². The van der Waals surface area contributed by atoms with E-state index < -0.39 is 18.4 Å². The van der Waals surface area contributed by atoms with Crippen molar-refractivity contribution in [3.05, 3.63) is 29.8 Å². The van der Waals surface area contributed by atoms with Crippen molar-refractivity contribution in [2.45, 2.75) is 44.6 Å². The lowest BCUT2D eigenvalue weighted by Gasteiger charge is -2.29. The molecule has 0 atom stereocenters. The van der Waals surface area contributed by atoms with Gasteiger partial charge in [0.25, 0.3) is 0 Å². The number of carbonyl (C=O) groups is 2. The SMILES string of the molecule is CN(Cc1ccccc1OC(F)(F)F)C(=O)NC1CCC(C(=O)O)CC1. The smallest absolute Gasteiger partial charge is 0.481 e. The number of benzene rings is 1. The van der Waals surface area contributed by atoms with Gasteiger partial charge in [-0.05, 0) is 31.7 Å². The molecular weight excluding hydrogens is 353 g/mol. The minimum Gasteiger partial charge on any atom is -0.481 e. The van der Waals surface area contributed by atoms with Crippen LogP contribution in [-0.2, 0) is 11.3 Å². The number of hydrogen-bond acceptors (Lipinski definition) is 3. The molecule has 2 N–H and O–H groups in total. The number of rotatable bonds is 5. The zero-order chi connectivity index (χ0) is 19.3. The standard InChI is InChI=1S/C17H21F3N2O4/c1-22(10-12-4-2-3-5-14(12)26-17(18,19)20)16(25)21-13-8-6-11(7-9-13)15(23)24/h2-5,11,13H,6-10H2,1H3,(H,21,25)(H,23,24). The van der Waals surface area contributed by atoms with Crippen LogP contribution in [0.5, 0.6) is 5.75 Å². The number of para-hydroxylation sites is 1. The molecule has 1 fully saturated rings. The summed E-state index contributed by atoms with van der Waals surface area (Å²) in [5.74, 6) is -1.55. The first-order valence-corrected chi connectivity index (χ1v) is 8.24. The Morgan fingerprint density at radius 2 is 1.85 bits per heavy atom. The first-order valence-electron chi connectivity index (χ1n) is 8.24. The molecule has 0 radical (unpaired) electrons. The zero-order valence-electron chi connectivity index (χ0n) is 14.3. The van der Waals surface area contributed by atoms with Crippen LogP contribution in [0.4, 0.5) is 18.0 Å². The highest BCUT2D eigenvalue weighted by molar-refractivity contribution is 5.74. The molecule has 0 spiro atoms. The van der Waals surface area contributed by atoms with E-state index in [0.717, 1.165) is 0 Å². The molecule has 26 heavy (non-hydrogen) atoms. The number of amides is 2. The van der Waals surface area contributed by atoms with Gasteiger partial charge < -0.3 is 20.1 Å². The normalized spacial score (nSPS) is 20.3. The van der Waals surface area contributed by atoms with Crippen molar-refractivity contribution in [1.29, 1.82) is 0 Å². The second kappa shape index (κ2) is 8.29. The third-order valence-electron chi connectivity index (χ3n) is 4.36. The van der Waals surface area contributed by atoms with Crippen molar-refractivity contribution < 1.29 is 32.6 Å². The van der Waals surface area contributed by atoms with Gasteiger partial charge in [-0.2, -0.15) is 0 Å². The number of alkyl halides is 3. The fourth-order valence-corrected chi connectivity index (χ4v) is 2.96. The van der Waals surface area contributed by atoms with Crippen molar-refractivity contribution in [2.24, 2.45) is 5.92 Å². The van der Waals surface area contributed by atoms with Crippen molar-refractivity contribution in [3.63, 3.8) is 0 Å². The lowest BCUT2D eigenvalue weighted by atomic mass is 9.86. The molecule has 0 bridgehead atoms. The highest BCUT2D eigenvalue weighted by atomic mass is 19.4. The maximum atomic E-state index is 12.5. The number of nitrogens with zero attached hydrogens (tertiary/aromatic N) is 1. The number of hydrogen-bond donors (Lipinski definition) is 2. The molecule has 1 aliphatic carbocycles. The molecule has 1 saturated carbocycles. The summed E-state index contributed by atoms with van der Waals surface area (Å²) in [6, 6.07) is 5.08. The fourth-order valence-electron chi connectivity index (χ4n) is 2.96. The quantitative estimate of drug-likeness (QED) is 0.828. The summed E-state index contributed by atoms with van der Waals surface area (Å²) in [7, 11) is 1.47. The topological polar surface area (TPSA) is 78.9 Å². The van der Waals surface area contributed by atoms with Gasteiger partial charge in [0.1, 0.15) is 5.75 Å². The minimum atomic E-state index is -4.81. The Hall–Kier alpha value is -2.45. The summed E-state index contributed by atoms with van der Waals surface area (Å²) in [4.78, 5) is 24.5. The second-order valence-corrected chi connectivity index (χ2v) is 6.35. The van der Waals surface area contributed by atoms with Crippen LogP contribution in [0.1, 0.15) is 31.2 Å². The predicted molar refractivity (Wildman–Crippen MR) is 86.5 cm³/mol. The van der Waals surface area contributed by atoms with Gasteiger partial charge in [0.2, 0.25) is 0 Å². The number of urea groups is 1. The second-order valence-electron chi connectivity index (χ2n) is 6.35. The van der Waals surface area contributed by atoms with Crippen LogP contribution in [0, 0.1) is 5.92 Å². The fraction of sp³-hybridized carbons (Fsp3) is 0.529. The van der Waals surface area contributed by atoms with Gasteiger partial charge in [-0.1, -0.05) is 18.2 Å². The summed E-state index contributed by atoms with van der Waals surface area (Å²) in [6.07, 6.45) is -2.70. The van der Waals surface area contributed by atoms with E-state index >= 15 is 0 Å². The van der Waals surface area contributed by atoms with E-state index in [1.807, 2.05) is 0 Å². The molecule has 1 aliphatic rings. The average Bonchev–Trinajstić information content (AvgIpc) is 2.55. The summed E-state index contributed by atoms with van der Waals surface area (Å²) >= 11 is 0. The summed E-state index contributed by atoms with van der Waals surface area (Å²) in [5, 5.41) is 11.8. The van der Waals surface area contributed by atoms with Crippen LogP contribution in [0.2, 0.25) is 0 Å². The lowest BCUT2D eigenvalue weighted by Crippen LogP contribution is -2.44. The molecule has 0 unspecified atom stereocenters. The maximum absolute atomic E-state index is 12.5. The van der Waals surface area contributed by atoms with Crippen LogP contribution in [-0.4, -0.2) is 41.5 Å². The Morgan fingerprint density at radius 3 is 2.42 bits per heavy atom. The van der Waals surface area contributed by atoms with Gasteiger partial charge in [0.05, 0.1) is 12.5 Å². The van der Waals surface area contributed by atoms with Crippen molar-refractivity contribution in [1.82, 2.24) is 10.2 Å². The molecule has 0 aliphatic heterocycles. The van der Waals surface area contributed by atoms with Gasteiger partial charge >= 0.3 is 18.4 Å². The summed E-state index contributed by atoms with van der Waals surface area (Å²) in [5.41, 5.74) is 0.233. The lowest BCUT2D eigenvalue weighted by molar-refractivity contribution is -0.275. The van der Waals surface area contributed by atoms with E-state index in [1.54, 1.807) is 6.07 Å². The number of carboxylic acids is 1. The van der Waals surface area contributed by atoms with E-state index in [9.17, 15) is 22.8 Å². The van der Waals surface area contributed by atoms with Gasteiger partial charge in [-0.15, -0.1) is 13.2 Å². The van der Waals surface area contributed by atoms with Crippen molar-refractivity contribution in [3.8, 4) is 5.75 Å². The van der Waals surface area contributed by atoms with Crippen LogP contribution in [0.15, 0.2) is 24.3 Å². The molecule has 0 heterocycles. The molecule has 6 nitrogen and oxygen atoms in total. The first-order chi connectivity index (χ1) is 12.2. The molecule has 1 aromatic rings. The monoisotopic (exact) mass is 374 g/mol. The number of halogens is 3. The number of carboxylic acid groups (broad SMARTS) is 1. The Balaban J connectivity index is 1.91. The average molecular weight is 374 g/mol. The third-order valence-corrected chi connectivity index (χ3v) is 4.36. The zero-order valence-corrected chi connectivity index (χ0v) is 14.3. The molecule has 2 rings (SSSR count). The molecule has 2 amide bonds. The van der Waals surface area contributed by atoms with Crippen molar-refractivity contribution in [2.75, 3.05) is 7.05 Å². The highest BCUT2D eigenvalue weighted by Gasteiger charge is 2.32. The number of ether oxygens (including phenoxy) is 1. The molecule has 0 aromatic heterocycles. The van der Waals surface area contributed by atoms with Crippen LogP contribution < -0.4 is 10.1 Å².